The third-order valence-electron chi connectivity index (χ3n) is 8.15. The van der Waals surface area contributed by atoms with Crippen molar-refractivity contribution in [3.8, 4) is 17.4 Å². The van der Waals surface area contributed by atoms with E-state index in [1.54, 1.807) is 0 Å². The van der Waals surface area contributed by atoms with Gasteiger partial charge in [0.1, 0.15) is 29.5 Å². The number of nitrogens with one attached hydrogen (secondary N) is 1. The lowest BCUT2D eigenvalue weighted by atomic mass is 10.0. The molecule has 0 spiro atoms. The van der Waals surface area contributed by atoms with Gasteiger partial charge in [-0.25, -0.2) is 19.3 Å². The third-order valence-corrected chi connectivity index (χ3v) is 8.39. The largest absolute Gasteiger partial charge is 0.472 e. The molecule has 0 saturated carbocycles. The van der Waals surface area contributed by atoms with Gasteiger partial charge in [-0.2, -0.15) is 31.4 Å². The Hall–Kier alpha value is -4.35. The van der Waals surface area contributed by atoms with Crippen molar-refractivity contribution in [3.05, 3.63) is 81.4 Å². The molecule has 0 radical (unpaired) electrons. The first-order valence-corrected chi connectivity index (χ1v) is 15.1. The van der Waals surface area contributed by atoms with Crippen LogP contribution in [0.1, 0.15) is 40.5 Å². The number of hydrogen-bond acceptors (Lipinski definition) is 8. The second-order valence-corrected chi connectivity index (χ2v) is 11.8. The predicted molar refractivity (Wildman–Crippen MR) is 155 cm³/mol. The number of hydrogen-bond donors (Lipinski definition) is 1. The van der Waals surface area contributed by atoms with E-state index in [1.807, 2.05) is 14.6 Å². The molecule has 1 atom stereocenters. The predicted octanol–water partition coefficient (Wildman–Crippen LogP) is 6.37. The topological polar surface area (TPSA) is 107 Å². The van der Waals surface area contributed by atoms with E-state index < -0.39 is 42.0 Å². The quantitative estimate of drug-likeness (QED) is 0.187. The molecule has 6 heterocycles. The molecule has 4 aromatic heterocycles. The number of imidazole rings is 1. The van der Waals surface area contributed by atoms with E-state index in [9.17, 15) is 30.7 Å². The maximum atomic E-state index is 14.3. The first kappa shape index (κ1) is 32.2. The van der Waals surface area contributed by atoms with E-state index in [4.69, 9.17) is 26.1 Å². The highest BCUT2D eigenvalue weighted by Gasteiger charge is 2.38. The summed E-state index contributed by atoms with van der Waals surface area (Å²) >= 11 is 5.78. The van der Waals surface area contributed by atoms with Gasteiger partial charge in [0.05, 0.1) is 42.1 Å². The van der Waals surface area contributed by atoms with Gasteiger partial charge in [0, 0.05) is 30.3 Å². The molecule has 2 aliphatic heterocycles. The highest BCUT2D eigenvalue weighted by atomic mass is 35.5. The van der Waals surface area contributed by atoms with E-state index in [1.165, 1.54) is 24.4 Å². The van der Waals surface area contributed by atoms with Crippen molar-refractivity contribution in [2.45, 2.75) is 57.5 Å². The number of aromatic nitrogens is 7. The molecule has 18 heteroatoms. The standard InChI is InChI=1S/C30H24ClF7N8O2/c31-17-2-1-16(20(32)8-17)14-48-27-19(29(33,34)35)7-15-3-5-45(12-23(15)41-27)13-25-40-21-9-22(26-42-28(44-43-26)30(36,37)38)39-10-24(21)46(25)11-18-4-6-47-18/h1-2,7-10,18H,3-6,11-14H2,(H,42,43,44)/t18-/m0/s1. The monoisotopic (exact) mass is 696 g/mol. The Bertz CT molecular complexity index is 1990. The van der Waals surface area contributed by atoms with Crippen LogP contribution in [0.2, 0.25) is 5.02 Å². The molecular weight excluding hydrogens is 673 g/mol. The van der Waals surface area contributed by atoms with Crippen molar-refractivity contribution in [3.63, 3.8) is 0 Å². The van der Waals surface area contributed by atoms with Gasteiger partial charge in [0.2, 0.25) is 11.7 Å². The summed E-state index contributed by atoms with van der Waals surface area (Å²) in [5, 5.41) is 5.66. The highest BCUT2D eigenvalue weighted by molar-refractivity contribution is 6.30. The molecule has 1 aromatic carbocycles. The second kappa shape index (κ2) is 12.3. The lowest BCUT2D eigenvalue weighted by Gasteiger charge is -2.30. The van der Waals surface area contributed by atoms with Crippen LogP contribution in [0.15, 0.2) is 36.5 Å². The molecule has 0 unspecified atom stereocenters. The van der Waals surface area contributed by atoms with Crippen molar-refractivity contribution in [1.82, 2.24) is 39.6 Å². The Labute approximate surface area is 271 Å². The number of aromatic amines is 1. The van der Waals surface area contributed by atoms with Gasteiger partial charge < -0.3 is 14.0 Å². The van der Waals surface area contributed by atoms with E-state index in [0.717, 1.165) is 18.6 Å². The Kier molecular flexibility index (Phi) is 8.23. The summed E-state index contributed by atoms with van der Waals surface area (Å²) in [5.41, 5.74) is 0.911. The minimum atomic E-state index is -4.76. The second-order valence-electron chi connectivity index (χ2n) is 11.4. The summed E-state index contributed by atoms with van der Waals surface area (Å²) in [6.07, 6.45) is -6.95. The van der Waals surface area contributed by atoms with E-state index in [2.05, 4.69) is 20.1 Å². The molecule has 0 bridgehead atoms. The van der Waals surface area contributed by atoms with Gasteiger partial charge in [-0.1, -0.05) is 17.7 Å². The van der Waals surface area contributed by atoms with E-state index in [-0.39, 0.29) is 47.7 Å². The summed E-state index contributed by atoms with van der Waals surface area (Å²) in [4.78, 5) is 18.8. The Morgan fingerprint density at radius 2 is 1.85 bits per heavy atom. The Balaban J connectivity index is 1.16. The normalized spacial score (nSPS) is 17.0. The highest BCUT2D eigenvalue weighted by Crippen LogP contribution is 2.38. The Morgan fingerprint density at radius 3 is 2.54 bits per heavy atom. The molecule has 0 aliphatic carbocycles. The van der Waals surface area contributed by atoms with E-state index >= 15 is 0 Å². The minimum Gasteiger partial charge on any atom is -0.472 e. The zero-order valence-corrected chi connectivity index (χ0v) is 25.4. The zero-order valence-electron chi connectivity index (χ0n) is 24.7. The zero-order chi connectivity index (χ0) is 33.8. The van der Waals surface area contributed by atoms with Gasteiger partial charge in [-0.15, -0.1) is 0 Å². The average molecular weight is 697 g/mol. The number of benzene rings is 1. The van der Waals surface area contributed by atoms with Crippen LogP contribution in [-0.2, 0) is 49.8 Å². The maximum Gasteiger partial charge on any atom is 0.451 e. The number of halogens is 8. The summed E-state index contributed by atoms with van der Waals surface area (Å²) in [6.45, 7) is 1.41. The van der Waals surface area contributed by atoms with Gasteiger partial charge in [-0.05, 0) is 42.7 Å². The fraction of sp³-hybridized carbons (Fsp3) is 0.367. The molecule has 1 saturated heterocycles. The van der Waals surface area contributed by atoms with Crippen molar-refractivity contribution < 1.29 is 40.2 Å². The van der Waals surface area contributed by atoms with Gasteiger partial charge >= 0.3 is 12.4 Å². The smallest absolute Gasteiger partial charge is 0.451 e. The van der Waals surface area contributed by atoms with Crippen LogP contribution >= 0.6 is 11.6 Å². The molecule has 252 valence electrons. The minimum absolute atomic E-state index is 0.0181. The number of pyridine rings is 2. The van der Waals surface area contributed by atoms with Crippen LogP contribution in [0.5, 0.6) is 5.88 Å². The van der Waals surface area contributed by atoms with Crippen LogP contribution in [0.3, 0.4) is 0 Å². The van der Waals surface area contributed by atoms with Crippen molar-refractivity contribution in [2.75, 3.05) is 13.2 Å². The van der Waals surface area contributed by atoms with Gasteiger partial charge in [-0.3, -0.25) is 15.0 Å². The SMILES string of the molecule is Fc1cc(Cl)ccc1COc1nc2c(cc1C(F)(F)F)CCN(Cc1nc3cc(-c4n[nH]c(C(F)(F)F)n4)ncc3n1C[C@@H]1CCO1)C2. The van der Waals surface area contributed by atoms with Crippen LogP contribution in [0, 0.1) is 5.82 Å². The first-order valence-electron chi connectivity index (χ1n) is 14.7. The number of alkyl halides is 6. The van der Waals surface area contributed by atoms with Crippen LogP contribution in [0.4, 0.5) is 30.7 Å². The summed E-state index contributed by atoms with van der Waals surface area (Å²) in [5.74, 6) is -2.28. The molecule has 2 aliphatic rings. The number of ether oxygens (including phenoxy) is 2. The molecule has 7 rings (SSSR count). The third kappa shape index (κ3) is 6.53. The van der Waals surface area contributed by atoms with Crippen LogP contribution in [0.25, 0.3) is 22.6 Å². The summed E-state index contributed by atoms with van der Waals surface area (Å²) < 4.78 is 109. The van der Waals surface area contributed by atoms with E-state index in [0.29, 0.717) is 47.8 Å². The van der Waals surface area contributed by atoms with Crippen LogP contribution in [-0.4, -0.2) is 58.9 Å². The molecule has 10 nitrogen and oxygen atoms in total. The fourth-order valence-corrected chi connectivity index (χ4v) is 5.74. The summed E-state index contributed by atoms with van der Waals surface area (Å²) in [7, 11) is 0. The van der Waals surface area contributed by atoms with Crippen molar-refractivity contribution in [2.24, 2.45) is 0 Å². The molecule has 0 amide bonds. The lowest BCUT2D eigenvalue weighted by molar-refractivity contribution is -0.144. The van der Waals surface area contributed by atoms with Gasteiger partial charge in [0.25, 0.3) is 0 Å². The number of nitrogens with zero attached hydrogens (tertiary/aromatic N) is 7. The summed E-state index contributed by atoms with van der Waals surface area (Å²) in [6, 6.07) is 6.30. The molecule has 1 fully saturated rings. The number of rotatable bonds is 8. The molecule has 1 N–H and O–H groups in total. The number of fused-ring (bicyclic) bond motifs is 2. The van der Waals surface area contributed by atoms with Crippen LogP contribution < -0.4 is 4.74 Å². The average Bonchev–Trinajstić information content (AvgIpc) is 3.63. The molecule has 48 heavy (non-hydrogen) atoms. The van der Waals surface area contributed by atoms with Crippen molar-refractivity contribution >= 4 is 22.6 Å². The maximum absolute atomic E-state index is 14.3. The fourth-order valence-electron chi connectivity index (χ4n) is 5.59. The number of H-pyrrole nitrogens is 1. The molecular formula is C30H24ClF7N8O2. The van der Waals surface area contributed by atoms with Crippen molar-refractivity contribution in [1.29, 1.82) is 0 Å². The van der Waals surface area contributed by atoms with Gasteiger partial charge in [0.15, 0.2) is 5.82 Å². The first-order chi connectivity index (χ1) is 22.8. The lowest BCUT2D eigenvalue weighted by Crippen LogP contribution is -2.34. The Morgan fingerprint density at radius 1 is 1.04 bits per heavy atom. The molecule has 5 aromatic rings.